The Morgan fingerprint density at radius 2 is 2.25 bits per heavy atom. The summed E-state index contributed by atoms with van der Waals surface area (Å²) in [6, 6.07) is 7.99. The molecule has 5 nitrogen and oxygen atoms in total. The summed E-state index contributed by atoms with van der Waals surface area (Å²) >= 11 is 0. The molecule has 1 aliphatic rings. The first kappa shape index (κ1) is 18.3. The van der Waals surface area contributed by atoms with Gasteiger partial charge in [0.15, 0.2) is 5.96 Å². The molecule has 0 aromatic heterocycles. The van der Waals surface area contributed by atoms with Crippen LogP contribution in [0, 0.1) is 5.92 Å². The van der Waals surface area contributed by atoms with Crippen molar-refractivity contribution in [1.82, 2.24) is 10.2 Å². The maximum Gasteiger partial charge on any atom is 0.224 e. The Labute approximate surface area is 145 Å². The molecule has 5 heteroatoms. The summed E-state index contributed by atoms with van der Waals surface area (Å²) in [4.78, 5) is 18.5. The number of carbonyl (C=O) groups excluding carboxylic acids is 1. The third-order valence-electron chi connectivity index (χ3n) is 4.31. The molecule has 1 fully saturated rings. The molecule has 1 aromatic rings. The molecular formula is C19H30N4O. The topological polar surface area (TPSA) is 56.7 Å². The molecule has 1 atom stereocenters. The molecule has 24 heavy (non-hydrogen) atoms. The Balaban J connectivity index is 1.91. The van der Waals surface area contributed by atoms with Crippen molar-refractivity contribution in [3.8, 4) is 0 Å². The summed E-state index contributed by atoms with van der Waals surface area (Å²) in [5.74, 6) is 1.75. The molecule has 2 N–H and O–H groups in total. The van der Waals surface area contributed by atoms with Gasteiger partial charge >= 0.3 is 0 Å². The van der Waals surface area contributed by atoms with Crippen molar-refractivity contribution < 1.29 is 4.79 Å². The van der Waals surface area contributed by atoms with Gasteiger partial charge in [-0.1, -0.05) is 26.0 Å². The number of benzene rings is 1. The van der Waals surface area contributed by atoms with E-state index in [-0.39, 0.29) is 5.91 Å². The minimum atomic E-state index is 0.0701. The number of carbonyl (C=O) groups is 1. The van der Waals surface area contributed by atoms with Crippen molar-refractivity contribution in [2.45, 2.75) is 46.1 Å². The second-order valence-electron chi connectivity index (χ2n) is 6.59. The highest BCUT2D eigenvalue weighted by molar-refractivity contribution is 5.90. The van der Waals surface area contributed by atoms with Gasteiger partial charge in [0.25, 0.3) is 0 Å². The van der Waals surface area contributed by atoms with E-state index in [4.69, 9.17) is 0 Å². The van der Waals surface area contributed by atoms with Crippen LogP contribution in [0.5, 0.6) is 0 Å². The summed E-state index contributed by atoms with van der Waals surface area (Å²) in [6.07, 6.45) is 3.94. The summed E-state index contributed by atoms with van der Waals surface area (Å²) in [5, 5.41) is 6.39. The first-order chi connectivity index (χ1) is 11.6. The summed E-state index contributed by atoms with van der Waals surface area (Å²) < 4.78 is 0. The summed E-state index contributed by atoms with van der Waals surface area (Å²) in [6.45, 7) is 7.13. The van der Waals surface area contributed by atoms with E-state index < -0.39 is 0 Å². The van der Waals surface area contributed by atoms with Gasteiger partial charge in [-0.25, -0.2) is 0 Å². The summed E-state index contributed by atoms with van der Waals surface area (Å²) in [5.41, 5.74) is 1.99. The van der Waals surface area contributed by atoms with Gasteiger partial charge in [0.05, 0.1) is 0 Å². The number of anilines is 1. The van der Waals surface area contributed by atoms with Crippen LogP contribution >= 0.6 is 0 Å². The minimum absolute atomic E-state index is 0.0701. The molecule has 1 heterocycles. The molecular weight excluding hydrogens is 300 g/mol. The zero-order valence-electron chi connectivity index (χ0n) is 15.1. The number of piperidine rings is 1. The van der Waals surface area contributed by atoms with Crippen molar-refractivity contribution in [1.29, 1.82) is 0 Å². The van der Waals surface area contributed by atoms with Gasteiger partial charge in [-0.05, 0) is 42.9 Å². The Morgan fingerprint density at radius 1 is 1.42 bits per heavy atom. The van der Waals surface area contributed by atoms with E-state index in [1.54, 1.807) is 0 Å². The summed E-state index contributed by atoms with van der Waals surface area (Å²) in [7, 11) is 1.84. The highest BCUT2D eigenvalue weighted by Gasteiger charge is 2.18. The van der Waals surface area contributed by atoms with Gasteiger partial charge in [0, 0.05) is 38.8 Å². The normalized spacial score (nSPS) is 18.4. The third kappa shape index (κ3) is 5.55. The number of likely N-dealkylation sites (tertiary alicyclic amines) is 1. The zero-order valence-corrected chi connectivity index (χ0v) is 15.1. The largest absolute Gasteiger partial charge is 0.352 e. The van der Waals surface area contributed by atoms with E-state index in [0.717, 1.165) is 42.6 Å². The van der Waals surface area contributed by atoms with Crippen molar-refractivity contribution in [2.24, 2.45) is 10.9 Å². The number of nitrogens with zero attached hydrogens (tertiary/aromatic N) is 2. The molecule has 1 unspecified atom stereocenters. The first-order valence-electron chi connectivity index (χ1n) is 8.96. The average Bonchev–Trinajstić information content (AvgIpc) is 2.56. The van der Waals surface area contributed by atoms with Crippen LogP contribution in [0.3, 0.4) is 0 Å². The van der Waals surface area contributed by atoms with Gasteiger partial charge in [0.1, 0.15) is 0 Å². The fourth-order valence-electron chi connectivity index (χ4n) is 3.10. The van der Waals surface area contributed by atoms with Gasteiger partial charge in [-0.2, -0.15) is 0 Å². The Kier molecular flexibility index (Phi) is 7.09. The molecule has 1 aliphatic heterocycles. The number of aliphatic imine (C=N–C) groups is 1. The Bertz CT molecular complexity index is 570. The average molecular weight is 330 g/mol. The van der Waals surface area contributed by atoms with Crippen LogP contribution in [0.2, 0.25) is 0 Å². The Morgan fingerprint density at radius 3 is 2.96 bits per heavy atom. The molecule has 1 amide bonds. The predicted molar refractivity (Wildman–Crippen MR) is 100 cm³/mol. The maximum absolute atomic E-state index is 11.7. The van der Waals surface area contributed by atoms with Crippen LogP contribution in [-0.2, 0) is 11.3 Å². The van der Waals surface area contributed by atoms with Crippen molar-refractivity contribution in [3.63, 3.8) is 0 Å². The second-order valence-corrected chi connectivity index (χ2v) is 6.59. The second kappa shape index (κ2) is 9.30. The zero-order chi connectivity index (χ0) is 17.4. The highest BCUT2D eigenvalue weighted by atomic mass is 16.1. The van der Waals surface area contributed by atoms with Crippen molar-refractivity contribution >= 4 is 17.6 Å². The van der Waals surface area contributed by atoms with Gasteiger partial charge in [0.2, 0.25) is 5.91 Å². The SMILES string of the molecule is CCCC(=O)Nc1cccc(CNC(=NC)N2CCCC(C)C2)c1. The third-order valence-corrected chi connectivity index (χ3v) is 4.31. The lowest BCUT2D eigenvalue weighted by Gasteiger charge is -2.33. The molecule has 132 valence electrons. The number of rotatable bonds is 5. The van der Waals surface area contributed by atoms with E-state index in [1.165, 1.54) is 12.8 Å². The first-order valence-corrected chi connectivity index (χ1v) is 8.96. The monoisotopic (exact) mass is 330 g/mol. The van der Waals surface area contributed by atoms with Crippen molar-refractivity contribution in [2.75, 3.05) is 25.5 Å². The van der Waals surface area contributed by atoms with Crippen LogP contribution in [0.15, 0.2) is 29.3 Å². The van der Waals surface area contributed by atoms with Gasteiger partial charge in [-0.15, -0.1) is 0 Å². The molecule has 0 bridgehead atoms. The smallest absolute Gasteiger partial charge is 0.224 e. The lowest BCUT2D eigenvalue weighted by molar-refractivity contribution is -0.116. The lowest BCUT2D eigenvalue weighted by Crippen LogP contribution is -2.45. The van der Waals surface area contributed by atoms with Gasteiger partial charge < -0.3 is 15.5 Å². The quantitative estimate of drug-likeness (QED) is 0.644. The van der Waals surface area contributed by atoms with Crippen molar-refractivity contribution in [3.05, 3.63) is 29.8 Å². The van der Waals surface area contributed by atoms with Crippen LogP contribution in [-0.4, -0.2) is 36.9 Å². The maximum atomic E-state index is 11.7. The van der Waals surface area contributed by atoms with E-state index in [1.807, 2.05) is 32.2 Å². The van der Waals surface area contributed by atoms with Crippen LogP contribution in [0.1, 0.15) is 45.1 Å². The highest BCUT2D eigenvalue weighted by Crippen LogP contribution is 2.16. The minimum Gasteiger partial charge on any atom is -0.352 e. The number of nitrogens with one attached hydrogen (secondary N) is 2. The number of hydrogen-bond donors (Lipinski definition) is 2. The molecule has 1 aromatic carbocycles. The van der Waals surface area contributed by atoms with Gasteiger partial charge in [-0.3, -0.25) is 9.79 Å². The van der Waals surface area contributed by atoms with Crippen LogP contribution < -0.4 is 10.6 Å². The number of amides is 1. The lowest BCUT2D eigenvalue weighted by atomic mass is 10.0. The fourth-order valence-corrected chi connectivity index (χ4v) is 3.10. The predicted octanol–water partition coefficient (Wildman–Crippen LogP) is 3.23. The van der Waals surface area contributed by atoms with E-state index in [0.29, 0.717) is 13.0 Å². The van der Waals surface area contributed by atoms with E-state index in [2.05, 4.69) is 33.5 Å². The van der Waals surface area contributed by atoms with Crippen LogP contribution in [0.4, 0.5) is 5.69 Å². The molecule has 2 rings (SSSR count). The van der Waals surface area contributed by atoms with Crippen LogP contribution in [0.25, 0.3) is 0 Å². The standard InChI is InChI=1S/C19H30N4O/c1-4-7-18(24)22-17-10-5-9-16(12-17)13-21-19(20-3)23-11-6-8-15(2)14-23/h5,9-10,12,15H,4,6-8,11,13-14H2,1-3H3,(H,20,21)(H,22,24). The molecule has 0 aliphatic carbocycles. The number of guanidine groups is 1. The fraction of sp³-hybridized carbons (Fsp3) is 0.579. The Hall–Kier alpha value is -2.04. The number of hydrogen-bond acceptors (Lipinski definition) is 2. The molecule has 1 saturated heterocycles. The molecule has 0 radical (unpaired) electrons. The molecule has 0 spiro atoms. The van der Waals surface area contributed by atoms with E-state index >= 15 is 0 Å². The molecule has 0 saturated carbocycles. The van der Waals surface area contributed by atoms with E-state index in [9.17, 15) is 4.79 Å².